The normalized spacial score (nSPS) is 12.8. The summed E-state index contributed by atoms with van der Waals surface area (Å²) >= 11 is 0. The van der Waals surface area contributed by atoms with E-state index in [1.54, 1.807) is 0 Å². The predicted molar refractivity (Wildman–Crippen MR) is 69.1 cm³/mol. The van der Waals surface area contributed by atoms with Gasteiger partial charge in [-0.25, -0.2) is 0 Å². The zero-order valence-electron chi connectivity index (χ0n) is 11.0. The van der Waals surface area contributed by atoms with Crippen molar-refractivity contribution < 1.29 is 9.90 Å². The van der Waals surface area contributed by atoms with Crippen LogP contribution in [0.4, 0.5) is 0 Å². The molecule has 0 radical (unpaired) electrons. The van der Waals surface area contributed by atoms with E-state index in [9.17, 15) is 4.79 Å². The molecule has 0 bridgehead atoms. The molecule has 0 fully saturated rings. The summed E-state index contributed by atoms with van der Waals surface area (Å²) < 4.78 is 0. The van der Waals surface area contributed by atoms with Gasteiger partial charge < -0.3 is 5.11 Å². The predicted octanol–water partition coefficient (Wildman–Crippen LogP) is 2.60. The van der Waals surface area contributed by atoms with Gasteiger partial charge in [0.2, 0.25) is 0 Å². The summed E-state index contributed by atoms with van der Waals surface area (Å²) in [4.78, 5) is 12.7. The summed E-state index contributed by atoms with van der Waals surface area (Å²) in [7, 11) is 1.97. The molecule has 0 aliphatic carbocycles. The molecule has 0 saturated carbocycles. The van der Waals surface area contributed by atoms with Crippen molar-refractivity contribution in [1.29, 1.82) is 0 Å². The minimum absolute atomic E-state index is 0.0485. The molecule has 1 atom stereocenters. The number of aliphatic carboxylic acids is 1. The highest BCUT2D eigenvalue weighted by Crippen LogP contribution is 2.14. The van der Waals surface area contributed by atoms with E-state index in [2.05, 4.69) is 36.9 Å². The second-order valence-corrected chi connectivity index (χ2v) is 4.79. The Morgan fingerprint density at radius 2 is 2.06 bits per heavy atom. The number of carboxylic acids is 1. The second kappa shape index (κ2) is 5.82. The molecule has 0 heterocycles. The van der Waals surface area contributed by atoms with Crippen LogP contribution in [0.15, 0.2) is 18.2 Å². The standard InChI is InChI=1S/C14H21NO2/c1-10-5-6-11(2)13(7-10)9-15(4)12(3)8-14(16)17/h5-7,12H,8-9H2,1-4H3,(H,16,17). The molecule has 94 valence electrons. The Morgan fingerprint density at radius 3 is 2.65 bits per heavy atom. The minimum atomic E-state index is -0.745. The summed E-state index contributed by atoms with van der Waals surface area (Å²) in [6.07, 6.45) is 0.182. The topological polar surface area (TPSA) is 40.5 Å². The Bertz CT molecular complexity index is 401. The quantitative estimate of drug-likeness (QED) is 0.852. The summed E-state index contributed by atoms with van der Waals surface area (Å²) in [5.74, 6) is -0.745. The van der Waals surface area contributed by atoms with Gasteiger partial charge in [-0.15, -0.1) is 0 Å². The van der Waals surface area contributed by atoms with E-state index in [-0.39, 0.29) is 12.5 Å². The lowest BCUT2D eigenvalue weighted by Gasteiger charge is -2.24. The van der Waals surface area contributed by atoms with Gasteiger partial charge in [0.05, 0.1) is 6.42 Å². The van der Waals surface area contributed by atoms with Crippen LogP contribution in [-0.4, -0.2) is 29.1 Å². The monoisotopic (exact) mass is 235 g/mol. The molecule has 17 heavy (non-hydrogen) atoms. The molecule has 0 aliphatic heterocycles. The maximum Gasteiger partial charge on any atom is 0.304 e. The number of hydrogen-bond acceptors (Lipinski definition) is 2. The zero-order valence-corrected chi connectivity index (χ0v) is 11.0. The van der Waals surface area contributed by atoms with E-state index < -0.39 is 5.97 Å². The average Bonchev–Trinajstić information content (AvgIpc) is 2.22. The van der Waals surface area contributed by atoms with Crippen LogP contribution in [0.5, 0.6) is 0 Å². The van der Waals surface area contributed by atoms with Crippen LogP contribution >= 0.6 is 0 Å². The molecule has 1 aromatic rings. The van der Waals surface area contributed by atoms with E-state index in [1.807, 2.05) is 14.0 Å². The van der Waals surface area contributed by atoms with Crippen LogP contribution in [0.1, 0.15) is 30.0 Å². The molecule has 1 aromatic carbocycles. The third-order valence-corrected chi connectivity index (χ3v) is 3.15. The number of benzene rings is 1. The average molecular weight is 235 g/mol. The van der Waals surface area contributed by atoms with E-state index >= 15 is 0 Å². The van der Waals surface area contributed by atoms with Crippen molar-refractivity contribution in [2.24, 2.45) is 0 Å². The Morgan fingerprint density at radius 1 is 1.41 bits per heavy atom. The highest BCUT2D eigenvalue weighted by molar-refractivity contribution is 5.67. The molecule has 1 rings (SSSR count). The van der Waals surface area contributed by atoms with Gasteiger partial charge in [-0.2, -0.15) is 0 Å². The van der Waals surface area contributed by atoms with Crippen molar-refractivity contribution in [3.05, 3.63) is 34.9 Å². The van der Waals surface area contributed by atoms with Gasteiger partial charge in [-0.1, -0.05) is 23.8 Å². The van der Waals surface area contributed by atoms with Gasteiger partial charge >= 0.3 is 5.97 Å². The van der Waals surface area contributed by atoms with Crippen molar-refractivity contribution in [3.63, 3.8) is 0 Å². The molecule has 3 nitrogen and oxygen atoms in total. The van der Waals surface area contributed by atoms with E-state index in [0.717, 1.165) is 6.54 Å². The summed E-state index contributed by atoms with van der Waals surface area (Å²) in [5, 5.41) is 8.77. The first-order chi connectivity index (χ1) is 7.90. The van der Waals surface area contributed by atoms with Crippen LogP contribution in [0, 0.1) is 13.8 Å². The number of hydrogen-bond donors (Lipinski definition) is 1. The molecular weight excluding hydrogens is 214 g/mol. The number of carboxylic acid groups (broad SMARTS) is 1. The minimum Gasteiger partial charge on any atom is -0.481 e. The van der Waals surface area contributed by atoms with Gasteiger partial charge in [0.1, 0.15) is 0 Å². The van der Waals surface area contributed by atoms with Gasteiger partial charge in [-0.3, -0.25) is 9.69 Å². The maximum atomic E-state index is 10.7. The van der Waals surface area contributed by atoms with Gasteiger partial charge in [-0.05, 0) is 38.9 Å². The third-order valence-electron chi connectivity index (χ3n) is 3.15. The SMILES string of the molecule is Cc1ccc(C)c(CN(C)C(C)CC(=O)O)c1. The van der Waals surface area contributed by atoms with Gasteiger partial charge in [0.25, 0.3) is 0 Å². The summed E-state index contributed by atoms with van der Waals surface area (Å²) in [6.45, 7) is 6.90. The lowest BCUT2D eigenvalue weighted by atomic mass is 10.0. The highest BCUT2D eigenvalue weighted by atomic mass is 16.4. The first-order valence-corrected chi connectivity index (χ1v) is 5.88. The number of carbonyl (C=O) groups is 1. The fourth-order valence-corrected chi connectivity index (χ4v) is 1.80. The van der Waals surface area contributed by atoms with Crippen LogP contribution in [0.2, 0.25) is 0 Å². The fraction of sp³-hybridized carbons (Fsp3) is 0.500. The molecular formula is C14H21NO2. The van der Waals surface area contributed by atoms with Crippen LogP contribution < -0.4 is 0 Å². The van der Waals surface area contributed by atoms with E-state index in [1.165, 1.54) is 16.7 Å². The van der Waals surface area contributed by atoms with Crippen molar-refractivity contribution >= 4 is 5.97 Å². The molecule has 0 spiro atoms. The molecule has 0 saturated heterocycles. The van der Waals surface area contributed by atoms with Crippen LogP contribution in [0.3, 0.4) is 0 Å². The maximum absolute atomic E-state index is 10.7. The van der Waals surface area contributed by atoms with Crippen molar-refractivity contribution in [2.75, 3.05) is 7.05 Å². The Kier molecular flexibility index (Phi) is 4.70. The first kappa shape index (κ1) is 13.7. The second-order valence-electron chi connectivity index (χ2n) is 4.79. The van der Waals surface area contributed by atoms with Crippen LogP contribution in [-0.2, 0) is 11.3 Å². The fourth-order valence-electron chi connectivity index (χ4n) is 1.80. The third kappa shape index (κ3) is 4.19. The Hall–Kier alpha value is -1.35. The molecule has 1 N–H and O–H groups in total. The number of nitrogens with zero attached hydrogens (tertiary/aromatic N) is 1. The molecule has 0 aromatic heterocycles. The summed E-state index contributed by atoms with van der Waals surface area (Å²) in [5.41, 5.74) is 3.76. The van der Waals surface area contributed by atoms with Crippen molar-refractivity contribution in [1.82, 2.24) is 4.90 Å². The largest absolute Gasteiger partial charge is 0.481 e. The zero-order chi connectivity index (χ0) is 13.0. The van der Waals surface area contributed by atoms with E-state index in [0.29, 0.717) is 0 Å². The smallest absolute Gasteiger partial charge is 0.304 e. The molecule has 0 aliphatic rings. The Labute approximate surface area is 103 Å². The first-order valence-electron chi connectivity index (χ1n) is 5.88. The lowest BCUT2D eigenvalue weighted by molar-refractivity contribution is -0.138. The molecule has 3 heteroatoms. The van der Waals surface area contributed by atoms with Crippen molar-refractivity contribution in [2.45, 2.75) is 39.8 Å². The Balaban J connectivity index is 2.70. The number of aryl methyl sites for hydroxylation is 2. The van der Waals surface area contributed by atoms with Gasteiger partial charge in [0.15, 0.2) is 0 Å². The highest BCUT2D eigenvalue weighted by Gasteiger charge is 2.14. The van der Waals surface area contributed by atoms with Crippen molar-refractivity contribution in [3.8, 4) is 0 Å². The lowest BCUT2D eigenvalue weighted by Crippen LogP contribution is -2.30. The summed E-state index contributed by atoms with van der Waals surface area (Å²) in [6, 6.07) is 6.42. The number of rotatable bonds is 5. The van der Waals surface area contributed by atoms with Crippen LogP contribution in [0.25, 0.3) is 0 Å². The van der Waals surface area contributed by atoms with E-state index in [4.69, 9.17) is 5.11 Å². The molecule has 1 unspecified atom stereocenters. The molecule has 0 amide bonds. The van der Waals surface area contributed by atoms with Gasteiger partial charge in [0, 0.05) is 12.6 Å².